The molecule has 1 aliphatic rings. The summed E-state index contributed by atoms with van der Waals surface area (Å²) in [5.41, 5.74) is 4.77. The number of nitrogens with zero attached hydrogens (tertiary/aromatic N) is 4. The number of fused-ring (bicyclic) bond motifs is 1. The van der Waals surface area contributed by atoms with E-state index < -0.39 is 0 Å². The zero-order valence-corrected chi connectivity index (χ0v) is 15.2. The Kier molecular flexibility index (Phi) is 4.44. The van der Waals surface area contributed by atoms with Gasteiger partial charge < -0.3 is 15.1 Å². The maximum Gasteiger partial charge on any atom is 0.229 e. The van der Waals surface area contributed by atoms with Crippen LogP contribution < -0.4 is 15.1 Å². The molecule has 132 valence electrons. The lowest BCUT2D eigenvalue weighted by Crippen LogP contribution is -2.25. The van der Waals surface area contributed by atoms with Crippen LogP contribution in [0.1, 0.15) is 12.0 Å². The van der Waals surface area contributed by atoms with Crippen molar-refractivity contribution in [2.75, 3.05) is 35.8 Å². The third-order valence-corrected chi connectivity index (χ3v) is 4.67. The molecule has 1 aliphatic heterocycles. The zero-order chi connectivity index (χ0) is 17.9. The lowest BCUT2D eigenvalue weighted by Gasteiger charge is -2.30. The van der Waals surface area contributed by atoms with Crippen LogP contribution in [0.5, 0.6) is 0 Å². The van der Waals surface area contributed by atoms with Gasteiger partial charge in [0.05, 0.1) is 0 Å². The maximum absolute atomic E-state index is 4.74. The Morgan fingerprint density at radius 2 is 1.81 bits per heavy atom. The van der Waals surface area contributed by atoms with Crippen LogP contribution in [0, 0.1) is 0 Å². The molecule has 1 aromatic heterocycles. The molecule has 0 saturated carbocycles. The second-order valence-corrected chi connectivity index (χ2v) is 6.69. The van der Waals surface area contributed by atoms with E-state index in [0.717, 1.165) is 36.6 Å². The molecule has 2 heterocycles. The Bertz CT molecular complexity index is 889. The summed E-state index contributed by atoms with van der Waals surface area (Å²) in [5.74, 6) is 1.54. The third kappa shape index (κ3) is 3.33. The van der Waals surface area contributed by atoms with Crippen LogP contribution in [0.4, 0.5) is 28.8 Å². The summed E-state index contributed by atoms with van der Waals surface area (Å²) in [7, 11) is 4.07. The number of aryl methyl sites for hydroxylation is 1. The minimum atomic E-state index is 0.614. The highest BCUT2D eigenvalue weighted by atomic mass is 15.2. The molecule has 26 heavy (non-hydrogen) atoms. The molecule has 3 aromatic rings. The molecule has 0 fully saturated rings. The van der Waals surface area contributed by atoms with Gasteiger partial charge in [-0.1, -0.05) is 18.2 Å². The Morgan fingerprint density at radius 1 is 1.00 bits per heavy atom. The number of para-hydroxylation sites is 1. The van der Waals surface area contributed by atoms with Gasteiger partial charge in [-0.2, -0.15) is 4.98 Å². The van der Waals surface area contributed by atoms with Gasteiger partial charge in [0.2, 0.25) is 5.95 Å². The summed E-state index contributed by atoms with van der Waals surface area (Å²) in [4.78, 5) is 13.5. The molecular formula is C21H23N5. The van der Waals surface area contributed by atoms with Crippen molar-refractivity contribution < 1.29 is 0 Å². The van der Waals surface area contributed by atoms with E-state index in [2.05, 4.69) is 56.5 Å². The third-order valence-electron chi connectivity index (χ3n) is 4.67. The second-order valence-electron chi connectivity index (χ2n) is 6.69. The van der Waals surface area contributed by atoms with Crippen molar-refractivity contribution in [1.29, 1.82) is 0 Å². The molecule has 0 saturated heterocycles. The first-order chi connectivity index (χ1) is 12.7. The van der Waals surface area contributed by atoms with E-state index in [9.17, 15) is 0 Å². The van der Waals surface area contributed by atoms with Gasteiger partial charge >= 0.3 is 0 Å². The van der Waals surface area contributed by atoms with Crippen LogP contribution in [-0.2, 0) is 6.42 Å². The summed E-state index contributed by atoms with van der Waals surface area (Å²) in [5, 5.41) is 3.31. The monoisotopic (exact) mass is 345 g/mol. The lowest BCUT2D eigenvalue weighted by molar-refractivity contribution is 0.759. The van der Waals surface area contributed by atoms with E-state index in [1.165, 1.54) is 11.3 Å². The van der Waals surface area contributed by atoms with E-state index in [4.69, 9.17) is 4.98 Å². The molecule has 4 rings (SSSR count). The highest BCUT2D eigenvalue weighted by molar-refractivity contribution is 5.66. The largest absolute Gasteiger partial charge is 0.378 e. The topological polar surface area (TPSA) is 44.3 Å². The Morgan fingerprint density at radius 3 is 2.62 bits per heavy atom. The first kappa shape index (κ1) is 16.4. The molecule has 0 unspecified atom stereocenters. The molecule has 5 nitrogen and oxygen atoms in total. The molecule has 0 bridgehead atoms. The summed E-state index contributed by atoms with van der Waals surface area (Å²) in [6, 6.07) is 18.8. The van der Waals surface area contributed by atoms with E-state index in [1.54, 1.807) is 0 Å². The van der Waals surface area contributed by atoms with Crippen molar-refractivity contribution in [3.63, 3.8) is 0 Å². The average molecular weight is 345 g/mol. The number of benzene rings is 2. The van der Waals surface area contributed by atoms with E-state index >= 15 is 0 Å². The first-order valence-electron chi connectivity index (χ1n) is 8.93. The van der Waals surface area contributed by atoms with Gasteiger partial charge in [-0.15, -0.1) is 0 Å². The lowest BCUT2D eigenvalue weighted by atomic mass is 10.0. The Labute approximate surface area is 154 Å². The minimum absolute atomic E-state index is 0.614. The molecule has 2 aromatic carbocycles. The number of hydrogen-bond donors (Lipinski definition) is 1. The van der Waals surface area contributed by atoms with Gasteiger partial charge in [0.15, 0.2) is 0 Å². The van der Waals surface area contributed by atoms with Crippen molar-refractivity contribution >= 4 is 28.8 Å². The molecule has 0 aliphatic carbocycles. The highest BCUT2D eigenvalue weighted by Gasteiger charge is 2.19. The SMILES string of the molecule is CN(C)c1ccc(Nc2nccc(N3CCCc4ccccc43)n2)cc1. The number of anilines is 5. The normalized spacial score (nSPS) is 13.2. The van der Waals surface area contributed by atoms with Crippen LogP contribution in [0.3, 0.4) is 0 Å². The highest BCUT2D eigenvalue weighted by Crippen LogP contribution is 2.32. The second kappa shape index (κ2) is 7.04. The summed E-state index contributed by atoms with van der Waals surface area (Å²) in [6.45, 7) is 0.977. The fourth-order valence-corrected chi connectivity index (χ4v) is 3.30. The Balaban J connectivity index is 1.58. The van der Waals surface area contributed by atoms with E-state index in [1.807, 2.05) is 38.5 Å². The standard InChI is InChI=1S/C21H23N5/c1-25(2)18-11-9-17(10-12-18)23-21-22-14-13-20(24-21)26-15-5-7-16-6-3-4-8-19(16)26/h3-4,6,8-14H,5,7,15H2,1-2H3,(H,22,23,24). The predicted molar refractivity (Wildman–Crippen MR) is 108 cm³/mol. The van der Waals surface area contributed by atoms with Crippen LogP contribution in [0.25, 0.3) is 0 Å². The van der Waals surface area contributed by atoms with E-state index in [-0.39, 0.29) is 0 Å². The first-order valence-corrected chi connectivity index (χ1v) is 8.93. The molecule has 5 heteroatoms. The van der Waals surface area contributed by atoms with Gasteiger partial charge in [0.1, 0.15) is 5.82 Å². The van der Waals surface area contributed by atoms with Gasteiger partial charge in [0.25, 0.3) is 0 Å². The van der Waals surface area contributed by atoms with Crippen molar-refractivity contribution in [3.8, 4) is 0 Å². The van der Waals surface area contributed by atoms with Crippen molar-refractivity contribution in [2.24, 2.45) is 0 Å². The van der Waals surface area contributed by atoms with Crippen LogP contribution in [-0.4, -0.2) is 30.6 Å². The molecule has 0 amide bonds. The quantitative estimate of drug-likeness (QED) is 0.761. The fraction of sp³-hybridized carbons (Fsp3) is 0.238. The molecule has 1 N–H and O–H groups in total. The number of rotatable bonds is 4. The maximum atomic E-state index is 4.74. The van der Waals surface area contributed by atoms with Gasteiger partial charge in [0, 0.05) is 43.9 Å². The van der Waals surface area contributed by atoms with E-state index in [0.29, 0.717) is 5.95 Å². The number of nitrogens with one attached hydrogen (secondary N) is 1. The average Bonchev–Trinajstić information content (AvgIpc) is 2.68. The molecule has 0 radical (unpaired) electrons. The smallest absolute Gasteiger partial charge is 0.229 e. The van der Waals surface area contributed by atoms with Gasteiger partial charge in [-0.05, 0) is 54.8 Å². The van der Waals surface area contributed by atoms with Crippen molar-refractivity contribution in [1.82, 2.24) is 9.97 Å². The number of aromatic nitrogens is 2. The van der Waals surface area contributed by atoms with Crippen LogP contribution in [0.15, 0.2) is 60.8 Å². The Hall–Kier alpha value is -3.08. The van der Waals surface area contributed by atoms with Gasteiger partial charge in [-0.25, -0.2) is 4.98 Å². The molecule has 0 atom stereocenters. The van der Waals surface area contributed by atoms with Crippen molar-refractivity contribution in [2.45, 2.75) is 12.8 Å². The van der Waals surface area contributed by atoms with Crippen molar-refractivity contribution in [3.05, 3.63) is 66.4 Å². The summed E-state index contributed by atoms with van der Waals surface area (Å²) in [6.07, 6.45) is 4.08. The van der Waals surface area contributed by atoms with Gasteiger partial charge in [-0.3, -0.25) is 0 Å². The fourth-order valence-electron chi connectivity index (χ4n) is 3.30. The predicted octanol–water partition coefficient (Wildman–Crippen LogP) is 4.37. The molecule has 0 spiro atoms. The number of hydrogen-bond acceptors (Lipinski definition) is 5. The van der Waals surface area contributed by atoms with Crippen LogP contribution in [0.2, 0.25) is 0 Å². The zero-order valence-electron chi connectivity index (χ0n) is 15.2. The summed E-state index contributed by atoms with van der Waals surface area (Å²) >= 11 is 0. The molecular weight excluding hydrogens is 322 g/mol. The minimum Gasteiger partial charge on any atom is -0.378 e. The van der Waals surface area contributed by atoms with Crippen LogP contribution >= 0.6 is 0 Å². The summed E-state index contributed by atoms with van der Waals surface area (Å²) < 4.78 is 0.